The van der Waals surface area contributed by atoms with Crippen molar-refractivity contribution in [3.8, 4) is 0 Å². The number of nitrogens with zero attached hydrogens (tertiary/aromatic N) is 1. The maximum Gasteiger partial charge on any atom is 0.327 e. The molecule has 0 unspecified atom stereocenters. The SMILES string of the molecule is CCCCN(CC)CCC(=O)ONN. The first kappa shape index (κ1) is 13.4. The van der Waals surface area contributed by atoms with Crippen molar-refractivity contribution in [2.45, 2.75) is 33.1 Å². The number of carbonyl (C=O) groups excluding carboxylic acids is 1. The summed E-state index contributed by atoms with van der Waals surface area (Å²) in [5, 5.41) is 0. The summed E-state index contributed by atoms with van der Waals surface area (Å²) in [6.07, 6.45) is 2.71. The van der Waals surface area contributed by atoms with Crippen LogP contribution in [-0.4, -0.2) is 30.5 Å². The van der Waals surface area contributed by atoms with Gasteiger partial charge < -0.3 is 9.74 Å². The predicted octanol–water partition coefficient (Wildman–Crippen LogP) is 0.420. The van der Waals surface area contributed by atoms with Crippen LogP contribution in [0.5, 0.6) is 0 Å². The van der Waals surface area contributed by atoms with E-state index in [1.165, 1.54) is 6.42 Å². The van der Waals surface area contributed by atoms with Gasteiger partial charge in [0.2, 0.25) is 0 Å². The first-order valence-corrected chi connectivity index (χ1v) is 5.12. The Morgan fingerprint density at radius 3 is 2.64 bits per heavy atom. The molecule has 0 spiro atoms. The van der Waals surface area contributed by atoms with Crippen molar-refractivity contribution >= 4 is 5.97 Å². The second-order valence-electron chi connectivity index (χ2n) is 3.13. The van der Waals surface area contributed by atoms with E-state index in [2.05, 4.69) is 23.6 Å². The van der Waals surface area contributed by atoms with Crippen LogP contribution in [0.1, 0.15) is 33.1 Å². The standard InChI is InChI=1S/C9H21N3O2/c1-3-5-7-12(4-2)8-6-9(13)14-11-10/h11H,3-8,10H2,1-2H3. The molecule has 0 bridgehead atoms. The highest BCUT2D eigenvalue weighted by atomic mass is 16.7. The minimum Gasteiger partial charge on any atom is -0.356 e. The molecule has 5 nitrogen and oxygen atoms in total. The third-order valence-corrected chi connectivity index (χ3v) is 2.08. The Morgan fingerprint density at radius 2 is 2.14 bits per heavy atom. The molecule has 0 aliphatic carbocycles. The number of carbonyl (C=O) groups is 1. The number of hydrazine groups is 1. The molecule has 14 heavy (non-hydrogen) atoms. The second kappa shape index (κ2) is 8.93. The lowest BCUT2D eigenvalue weighted by Gasteiger charge is -2.18. The van der Waals surface area contributed by atoms with Gasteiger partial charge in [0.25, 0.3) is 0 Å². The molecule has 0 aromatic carbocycles. The summed E-state index contributed by atoms with van der Waals surface area (Å²) in [6, 6.07) is 0. The number of hydrogen-bond donors (Lipinski definition) is 2. The fourth-order valence-electron chi connectivity index (χ4n) is 1.18. The van der Waals surface area contributed by atoms with Gasteiger partial charge in [-0.1, -0.05) is 25.9 Å². The van der Waals surface area contributed by atoms with Crippen LogP contribution in [-0.2, 0) is 9.63 Å². The van der Waals surface area contributed by atoms with Gasteiger partial charge in [-0.2, -0.15) is 0 Å². The smallest absolute Gasteiger partial charge is 0.327 e. The van der Waals surface area contributed by atoms with E-state index in [4.69, 9.17) is 5.84 Å². The predicted molar refractivity (Wildman–Crippen MR) is 55.1 cm³/mol. The third kappa shape index (κ3) is 6.82. The quantitative estimate of drug-likeness (QED) is 0.442. The molecular formula is C9H21N3O2. The number of hydrogen-bond acceptors (Lipinski definition) is 5. The fraction of sp³-hybridized carbons (Fsp3) is 0.889. The Hall–Kier alpha value is -0.650. The van der Waals surface area contributed by atoms with Gasteiger partial charge in [0.1, 0.15) is 0 Å². The van der Waals surface area contributed by atoms with Crippen LogP contribution in [0.3, 0.4) is 0 Å². The average molecular weight is 203 g/mol. The maximum absolute atomic E-state index is 10.9. The van der Waals surface area contributed by atoms with Crippen LogP contribution in [0.15, 0.2) is 0 Å². The highest BCUT2D eigenvalue weighted by molar-refractivity contribution is 5.69. The molecule has 0 atom stereocenters. The largest absolute Gasteiger partial charge is 0.356 e. The zero-order valence-electron chi connectivity index (χ0n) is 9.08. The highest BCUT2D eigenvalue weighted by Gasteiger charge is 2.06. The van der Waals surface area contributed by atoms with E-state index in [0.29, 0.717) is 6.42 Å². The molecule has 0 rings (SSSR count). The van der Waals surface area contributed by atoms with Crippen LogP contribution in [0, 0.1) is 0 Å². The summed E-state index contributed by atoms with van der Waals surface area (Å²) < 4.78 is 0. The van der Waals surface area contributed by atoms with Gasteiger partial charge in [-0.05, 0) is 19.5 Å². The van der Waals surface area contributed by atoms with Crippen LogP contribution >= 0.6 is 0 Å². The molecular weight excluding hydrogens is 182 g/mol. The van der Waals surface area contributed by atoms with E-state index < -0.39 is 0 Å². The lowest BCUT2D eigenvalue weighted by Crippen LogP contribution is -2.31. The molecule has 0 aliphatic heterocycles. The minimum absolute atomic E-state index is 0.317. The van der Waals surface area contributed by atoms with E-state index in [0.717, 1.165) is 26.1 Å². The summed E-state index contributed by atoms with van der Waals surface area (Å²) in [5.74, 6) is 4.52. The van der Waals surface area contributed by atoms with Gasteiger partial charge in [0.15, 0.2) is 0 Å². The fourth-order valence-corrected chi connectivity index (χ4v) is 1.18. The van der Waals surface area contributed by atoms with Crippen molar-refractivity contribution < 1.29 is 9.63 Å². The summed E-state index contributed by atoms with van der Waals surface area (Å²) in [5.41, 5.74) is 1.88. The summed E-state index contributed by atoms with van der Waals surface area (Å²) in [6.45, 7) is 6.97. The van der Waals surface area contributed by atoms with E-state index in [9.17, 15) is 4.79 Å². The summed E-state index contributed by atoms with van der Waals surface area (Å²) >= 11 is 0. The minimum atomic E-state index is -0.317. The number of nitrogens with two attached hydrogens (primary N) is 1. The van der Waals surface area contributed by atoms with Crippen molar-refractivity contribution in [2.75, 3.05) is 19.6 Å². The molecule has 0 aliphatic rings. The van der Waals surface area contributed by atoms with Gasteiger partial charge in [0.05, 0.1) is 6.42 Å². The van der Waals surface area contributed by atoms with Gasteiger partial charge in [0, 0.05) is 6.54 Å². The Labute approximate surface area is 85.5 Å². The summed E-state index contributed by atoms with van der Waals surface area (Å²) in [7, 11) is 0. The van der Waals surface area contributed by atoms with Crippen molar-refractivity contribution in [1.82, 2.24) is 10.5 Å². The molecule has 0 aromatic rings. The monoisotopic (exact) mass is 203 g/mol. The maximum atomic E-state index is 10.9. The topological polar surface area (TPSA) is 67.6 Å². The van der Waals surface area contributed by atoms with Gasteiger partial charge >= 0.3 is 5.97 Å². The van der Waals surface area contributed by atoms with E-state index in [1.54, 1.807) is 0 Å². The normalized spacial score (nSPS) is 10.6. The number of rotatable bonds is 8. The molecule has 84 valence electrons. The van der Waals surface area contributed by atoms with Crippen molar-refractivity contribution in [3.05, 3.63) is 0 Å². The average Bonchev–Trinajstić information content (AvgIpc) is 2.19. The van der Waals surface area contributed by atoms with E-state index >= 15 is 0 Å². The lowest BCUT2D eigenvalue weighted by atomic mass is 10.3. The number of unbranched alkanes of at least 4 members (excludes halogenated alkanes) is 1. The molecule has 0 saturated carbocycles. The highest BCUT2D eigenvalue weighted by Crippen LogP contribution is 1.97. The molecule has 0 radical (unpaired) electrons. The lowest BCUT2D eigenvalue weighted by molar-refractivity contribution is -0.151. The van der Waals surface area contributed by atoms with Gasteiger partial charge in [-0.25, -0.2) is 5.84 Å². The Kier molecular flexibility index (Phi) is 8.51. The Balaban J connectivity index is 3.55. The summed E-state index contributed by atoms with van der Waals surface area (Å²) in [4.78, 5) is 17.6. The van der Waals surface area contributed by atoms with Crippen LogP contribution in [0.2, 0.25) is 0 Å². The van der Waals surface area contributed by atoms with Gasteiger partial charge in [-0.15, -0.1) is 0 Å². The van der Waals surface area contributed by atoms with E-state index in [1.807, 2.05) is 5.59 Å². The molecule has 0 aromatic heterocycles. The second-order valence-corrected chi connectivity index (χ2v) is 3.13. The van der Waals surface area contributed by atoms with Gasteiger partial charge in [-0.3, -0.25) is 4.79 Å². The first-order valence-electron chi connectivity index (χ1n) is 5.12. The zero-order chi connectivity index (χ0) is 10.8. The zero-order valence-corrected chi connectivity index (χ0v) is 9.08. The molecule has 0 fully saturated rings. The first-order chi connectivity index (χ1) is 6.74. The van der Waals surface area contributed by atoms with Crippen LogP contribution in [0.4, 0.5) is 0 Å². The third-order valence-electron chi connectivity index (χ3n) is 2.08. The Morgan fingerprint density at radius 1 is 1.43 bits per heavy atom. The molecule has 5 heteroatoms. The van der Waals surface area contributed by atoms with E-state index in [-0.39, 0.29) is 5.97 Å². The molecule has 0 amide bonds. The van der Waals surface area contributed by atoms with Crippen LogP contribution < -0.4 is 11.4 Å². The molecule has 3 N–H and O–H groups in total. The molecule has 0 heterocycles. The number of nitrogens with one attached hydrogen (secondary N) is 1. The van der Waals surface area contributed by atoms with Crippen molar-refractivity contribution in [2.24, 2.45) is 5.84 Å². The van der Waals surface area contributed by atoms with Crippen molar-refractivity contribution in [3.63, 3.8) is 0 Å². The van der Waals surface area contributed by atoms with Crippen molar-refractivity contribution in [1.29, 1.82) is 0 Å². The Bertz CT molecular complexity index is 153. The van der Waals surface area contributed by atoms with Crippen LogP contribution in [0.25, 0.3) is 0 Å². The molecule has 0 saturated heterocycles.